The number of hydrogen-bond acceptors (Lipinski definition) is 12. The summed E-state index contributed by atoms with van der Waals surface area (Å²) in [4.78, 5) is 81.3. The SMILES string of the molecule is C=CC(=O)Nc1ccc(C(=O)Nc2cccc(Nc3c(F)c(SC4CCN(C(=O)OCc5ccc(NC(=O)[C@H](CCCNC(N)=O)NC(=O)[C@@H](N)C(C)C)cc5)CC4)nc4c(C(C)C)cnn34)c2)cc1. The highest BCUT2D eigenvalue weighted by Crippen LogP contribution is 2.36. The zero-order chi connectivity index (χ0) is 50.5. The van der Waals surface area contributed by atoms with Crippen molar-refractivity contribution in [1.29, 1.82) is 0 Å². The first kappa shape index (κ1) is 51.9. The fraction of sp³-hybridized carbons (Fsp3) is 0.347. The molecule has 7 amide bonds. The van der Waals surface area contributed by atoms with Crippen molar-refractivity contribution < 1.29 is 37.9 Å². The fourth-order valence-corrected chi connectivity index (χ4v) is 8.40. The van der Waals surface area contributed by atoms with Gasteiger partial charge in [0, 0.05) is 58.8 Å². The first-order chi connectivity index (χ1) is 33.5. The summed E-state index contributed by atoms with van der Waals surface area (Å²) < 4.78 is 23.7. The number of amides is 7. The number of fused-ring (bicyclic) bond motifs is 1. The molecule has 19 nitrogen and oxygen atoms in total. The molecule has 5 aromatic rings. The van der Waals surface area contributed by atoms with Crippen molar-refractivity contribution in [3.8, 4) is 0 Å². The van der Waals surface area contributed by atoms with Gasteiger partial charge in [0.1, 0.15) is 17.7 Å². The van der Waals surface area contributed by atoms with Gasteiger partial charge in [0.2, 0.25) is 17.7 Å². The van der Waals surface area contributed by atoms with Crippen molar-refractivity contribution in [3.05, 3.63) is 114 Å². The molecule has 0 aliphatic carbocycles. The lowest BCUT2D eigenvalue weighted by Gasteiger charge is -2.31. The Balaban J connectivity index is 1.03. The molecule has 0 unspecified atom stereocenters. The van der Waals surface area contributed by atoms with Crippen molar-refractivity contribution in [1.82, 2.24) is 30.1 Å². The van der Waals surface area contributed by atoms with Crippen LogP contribution in [0.3, 0.4) is 0 Å². The van der Waals surface area contributed by atoms with E-state index in [1.165, 1.54) is 16.3 Å². The van der Waals surface area contributed by atoms with E-state index in [4.69, 9.17) is 21.2 Å². The number of nitrogens with zero attached hydrogens (tertiary/aromatic N) is 4. The van der Waals surface area contributed by atoms with E-state index in [2.05, 4.69) is 43.6 Å². The molecule has 1 saturated heterocycles. The van der Waals surface area contributed by atoms with Gasteiger partial charge in [-0.25, -0.2) is 14.6 Å². The Kier molecular flexibility index (Phi) is 17.9. The number of hydrogen-bond donors (Lipinski definition) is 8. The molecule has 1 aliphatic rings. The molecule has 6 rings (SSSR count). The highest BCUT2D eigenvalue weighted by atomic mass is 32.2. The van der Waals surface area contributed by atoms with Crippen LogP contribution < -0.4 is 43.4 Å². The van der Waals surface area contributed by atoms with Crippen LogP contribution in [0.4, 0.5) is 42.5 Å². The fourth-order valence-electron chi connectivity index (χ4n) is 7.30. The van der Waals surface area contributed by atoms with Crippen LogP contribution in [0.2, 0.25) is 0 Å². The second-order valence-corrected chi connectivity index (χ2v) is 18.6. The van der Waals surface area contributed by atoms with E-state index in [1.807, 2.05) is 13.8 Å². The highest BCUT2D eigenvalue weighted by Gasteiger charge is 2.29. The molecule has 0 radical (unpaired) electrons. The molecule has 0 spiro atoms. The Morgan fingerprint density at radius 1 is 0.900 bits per heavy atom. The maximum absolute atomic E-state index is 16.6. The van der Waals surface area contributed by atoms with E-state index < -0.39 is 41.8 Å². The largest absolute Gasteiger partial charge is 0.445 e. The number of urea groups is 1. The number of likely N-dealkylation sites (tertiary alicyclic amines) is 1. The predicted octanol–water partition coefficient (Wildman–Crippen LogP) is 6.86. The Labute approximate surface area is 409 Å². The van der Waals surface area contributed by atoms with Crippen LogP contribution in [-0.2, 0) is 25.7 Å². The number of primary amides is 1. The molecule has 370 valence electrons. The molecule has 2 aromatic heterocycles. The third-order valence-corrected chi connectivity index (χ3v) is 12.7. The molecule has 0 saturated carbocycles. The summed E-state index contributed by atoms with van der Waals surface area (Å²) >= 11 is 1.30. The summed E-state index contributed by atoms with van der Waals surface area (Å²) in [7, 11) is 0. The zero-order valence-electron chi connectivity index (χ0n) is 39.4. The van der Waals surface area contributed by atoms with Crippen LogP contribution in [0, 0.1) is 11.7 Å². The van der Waals surface area contributed by atoms with Gasteiger partial charge in [-0.15, -0.1) is 0 Å². The standard InChI is InChI=1S/C49H59FN12O7S/c1-6-39(63)55-32-18-14-31(15-19-32)44(64)58-35-10-7-9-34(25-35)56-43-40(50)47(60-42-37(28(2)3)26-54-62(42)43)70-36-20-23-61(24-21-36)49(68)69-27-30-12-16-33(17-13-30)57-45(65)38(11-8-22-53-48(52)67)59-46(66)41(51)29(4)5/h6-7,9-10,12-19,25-26,28-29,36,38,41,56H,1,8,11,20-24,27,51H2,2-5H3,(H,55,63)(H,57,65)(H,58,64)(H,59,66)(H3,52,53,67)/t38-,41-/m0/s1. The van der Waals surface area contributed by atoms with Gasteiger partial charge in [-0.1, -0.05) is 64.2 Å². The number of thioether (sulfide) groups is 1. The number of carbonyl (C=O) groups is 6. The van der Waals surface area contributed by atoms with Gasteiger partial charge in [-0.05, 0) is 104 Å². The third kappa shape index (κ3) is 14.0. The van der Waals surface area contributed by atoms with E-state index in [0.29, 0.717) is 71.9 Å². The monoisotopic (exact) mass is 978 g/mol. The van der Waals surface area contributed by atoms with Gasteiger partial charge >= 0.3 is 12.1 Å². The Hall–Kier alpha value is -7.52. The van der Waals surface area contributed by atoms with Crippen molar-refractivity contribution in [3.63, 3.8) is 0 Å². The highest BCUT2D eigenvalue weighted by molar-refractivity contribution is 7.99. The van der Waals surface area contributed by atoms with Crippen LogP contribution in [0.25, 0.3) is 5.65 Å². The number of nitrogens with one attached hydrogen (secondary N) is 6. The van der Waals surface area contributed by atoms with Crippen LogP contribution >= 0.6 is 11.8 Å². The molecule has 70 heavy (non-hydrogen) atoms. The number of ether oxygens (including phenoxy) is 1. The van der Waals surface area contributed by atoms with E-state index in [9.17, 15) is 28.8 Å². The predicted molar refractivity (Wildman–Crippen MR) is 267 cm³/mol. The minimum absolute atomic E-state index is 0.0173. The average Bonchev–Trinajstić information content (AvgIpc) is 3.77. The first-order valence-electron chi connectivity index (χ1n) is 22.9. The van der Waals surface area contributed by atoms with Gasteiger partial charge in [-0.3, -0.25) is 19.2 Å². The first-order valence-corrected chi connectivity index (χ1v) is 23.7. The quantitative estimate of drug-likeness (QED) is 0.0226. The normalized spacial score (nSPS) is 13.6. The second kappa shape index (κ2) is 24.2. The Morgan fingerprint density at radius 2 is 1.57 bits per heavy atom. The number of aromatic nitrogens is 3. The molecule has 0 bridgehead atoms. The second-order valence-electron chi connectivity index (χ2n) is 17.3. The summed E-state index contributed by atoms with van der Waals surface area (Å²) in [6.07, 6.45) is 4.04. The van der Waals surface area contributed by atoms with Gasteiger partial charge in [0.15, 0.2) is 17.3 Å². The van der Waals surface area contributed by atoms with E-state index in [-0.39, 0.29) is 59.3 Å². The number of piperidine rings is 1. The molecule has 3 aromatic carbocycles. The smallest absolute Gasteiger partial charge is 0.410 e. The van der Waals surface area contributed by atoms with Crippen LogP contribution in [-0.4, -0.2) is 92.2 Å². The van der Waals surface area contributed by atoms with Gasteiger partial charge < -0.3 is 53.0 Å². The van der Waals surface area contributed by atoms with Gasteiger partial charge in [0.25, 0.3) is 5.91 Å². The maximum atomic E-state index is 16.6. The molecule has 1 aliphatic heterocycles. The molecule has 3 heterocycles. The molecular weight excluding hydrogens is 920 g/mol. The lowest BCUT2D eigenvalue weighted by Crippen LogP contribution is -2.51. The lowest BCUT2D eigenvalue weighted by molar-refractivity contribution is -0.128. The van der Waals surface area contributed by atoms with Crippen molar-refractivity contribution in [2.24, 2.45) is 17.4 Å². The number of anilines is 5. The summed E-state index contributed by atoms with van der Waals surface area (Å²) in [5, 5.41) is 21.3. The number of carbonyl (C=O) groups excluding carboxylic acids is 6. The number of halogens is 1. The summed E-state index contributed by atoms with van der Waals surface area (Å²) in [6.45, 7) is 12.0. The van der Waals surface area contributed by atoms with E-state index in [0.717, 1.165) is 11.6 Å². The maximum Gasteiger partial charge on any atom is 0.410 e. The zero-order valence-corrected chi connectivity index (χ0v) is 40.2. The lowest BCUT2D eigenvalue weighted by atomic mass is 10.0. The van der Waals surface area contributed by atoms with E-state index >= 15 is 4.39 Å². The molecule has 2 atom stereocenters. The minimum atomic E-state index is -0.921. The number of nitrogens with two attached hydrogens (primary N) is 2. The topological polar surface area (TPSA) is 269 Å². The van der Waals surface area contributed by atoms with Gasteiger partial charge in [-0.2, -0.15) is 14.0 Å². The third-order valence-electron chi connectivity index (χ3n) is 11.4. The van der Waals surface area contributed by atoms with Crippen molar-refractivity contribution in [2.75, 3.05) is 40.9 Å². The Morgan fingerprint density at radius 3 is 2.23 bits per heavy atom. The van der Waals surface area contributed by atoms with Crippen LogP contribution in [0.1, 0.15) is 80.8 Å². The summed E-state index contributed by atoms with van der Waals surface area (Å²) in [6, 6.07) is 17.6. The molecule has 1 fully saturated rings. The number of benzene rings is 3. The van der Waals surface area contributed by atoms with Crippen molar-refractivity contribution in [2.45, 2.75) is 88.3 Å². The Bertz CT molecular complexity index is 2690. The number of rotatable bonds is 20. The summed E-state index contributed by atoms with van der Waals surface area (Å²) in [5.41, 5.74) is 15.4. The molecular formula is C49H59FN12O7S. The molecule has 10 N–H and O–H groups in total. The van der Waals surface area contributed by atoms with Crippen molar-refractivity contribution >= 4 is 81.7 Å². The molecule has 21 heteroatoms. The van der Waals surface area contributed by atoms with Gasteiger partial charge in [0.05, 0.1) is 12.2 Å². The average molecular weight is 979 g/mol. The van der Waals surface area contributed by atoms with Crippen LogP contribution in [0.5, 0.6) is 0 Å². The minimum Gasteiger partial charge on any atom is -0.445 e. The summed E-state index contributed by atoms with van der Waals surface area (Å²) in [5.74, 6) is -2.32. The van der Waals surface area contributed by atoms with E-state index in [1.54, 1.807) is 97.7 Å². The van der Waals surface area contributed by atoms with Crippen LogP contribution in [0.15, 0.2) is 96.7 Å².